The number of halogens is 4. The highest BCUT2D eigenvalue weighted by atomic mass is 19.3. The Morgan fingerprint density at radius 2 is 1.73 bits per heavy atom. The van der Waals surface area contributed by atoms with Crippen LogP contribution in [0.5, 0.6) is 0 Å². The van der Waals surface area contributed by atoms with Gasteiger partial charge < -0.3 is 5.73 Å². The second-order valence-electron chi connectivity index (χ2n) is 3.97. The van der Waals surface area contributed by atoms with Crippen molar-refractivity contribution in [3.63, 3.8) is 0 Å². The third kappa shape index (κ3) is 1.61. The van der Waals surface area contributed by atoms with Crippen molar-refractivity contribution in [1.82, 2.24) is 0 Å². The van der Waals surface area contributed by atoms with Crippen molar-refractivity contribution in [2.24, 2.45) is 5.73 Å². The predicted molar refractivity (Wildman–Crippen MR) is 46.4 cm³/mol. The first-order valence-corrected chi connectivity index (χ1v) is 4.45. The molecule has 2 N–H and O–H groups in total. The molecule has 0 saturated heterocycles. The third-order valence-corrected chi connectivity index (χ3v) is 2.64. The van der Waals surface area contributed by atoms with E-state index in [-0.39, 0.29) is 5.56 Å². The first kappa shape index (κ1) is 10.4. The van der Waals surface area contributed by atoms with E-state index in [1.807, 2.05) is 0 Å². The van der Waals surface area contributed by atoms with Crippen LogP contribution >= 0.6 is 0 Å². The van der Waals surface area contributed by atoms with Crippen LogP contribution in [0.25, 0.3) is 0 Å². The summed E-state index contributed by atoms with van der Waals surface area (Å²) in [5.41, 5.74) is 3.98. The zero-order valence-corrected chi connectivity index (χ0v) is 7.74. The van der Waals surface area contributed by atoms with Gasteiger partial charge in [0.25, 0.3) is 5.92 Å². The van der Waals surface area contributed by atoms with Crippen molar-refractivity contribution < 1.29 is 17.6 Å². The lowest BCUT2D eigenvalue weighted by atomic mass is 9.69. The molecule has 82 valence electrons. The van der Waals surface area contributed by atoms with Crippen molar-refractivity contribution >= 4 is 0 Å². The van der Waals surface area contributed by atoms with E-state index in [4.69, 9.17) is 5.73 Å². The second-order valence-corrected chi connectivity index (χ2v) is 3.97. The van der Waals surface area contributed by atoms with Crippen molar-refractivity contribution in [1.29, 1.82) is 0 Å². The SMILES string of the molecule is NC1(c2cccc(F)c2F)CC(F)(F)C1. The Morgan fingerprint density at radius 3 is 2.27 bits per heavy atom. The molecule has 1 aliphatic rings. The number of hydrogen-bond donors (Lipinski definition) is 1. The van der Waals surface area contributed by atoms with Gasteiger partial charge >= 0.3 is 0 Å². The van der Waals surface area contributed by atoms with Crippen molar-refractivity contribution in [2.45, 2.75) is 24.3 Å². The van der Waals surface area contributed by atoms with Gasteiger partial charge in [-0.3, -0.25) is 0 Å². The molecule has 0 aliphatic heterocycles. The summed E-state index contributed by atoms with van der Waals surface area (Å²) in [6.07, 6.45) is -1.28. The van der Waals surface area contributed by atoms with Gasteiger partial charge in [0.2, 0.25) is 0 Å². The average Bonchev–Trinajstić information content (AvgIpc) is 2.05. The molecule has 0 atom stereocenters. The van der Waals surface area contributed by atoms with E-state index in [2.05, 4.69) is 0 Å². The van der Waals surface area contributed by atoms with Crippen LogP contribution in [0.3, 0.4) is 0 Å². The van der Waals surface area contributed by atoms with Gasteiger partial charge in [-0.05, 0) is 6.07 Å². The van der Waals surface area contributed by atoms with Crippen LogP contribution < -0.4 is 5.73 Å². The maximum Gasteiger partial charge on any atom is 0.252 e. The molecule has 1 aromatic carbocycles. The average molecular weight is 219 g/mol. The molecule has 0 unspecified atom stereocenters. The summed E-state index contributed by atoms with van der Waals surface area (Å²) in [4.78, 5) is 0. The van der Waals surface area contributed by atoms with E-state index in [0.29, 0.717) is 0 Å². The highest BCUT2D eigenvalue weighted by molar-refractivity contribution is 5.30. The molecule has 0 bridgehead atoms. The zero-order chi connectivity index (χ0) is 11.3. The Morgan fingerprint density at radius 1 is 1.13 bits per heavy atom. The molecule has 1 saturated carbocycles. The van der Waals surface area contributed by atoms with Gasteiger partial charge in [0.15, 0.2) is 11.6 Å². The third-order valence-electron chi connectivity index (χ3n) is 2.64. The fourth-order valence-corrected chi connectivity index (χ4v) is 1.95. The minimum absolute atomic E-state index is 0.173. The minimum Gasteiger partial charge on any atom is -0.321 e. The molecule has 0 spiro atoms. The van der Waals surface area contributed by atoms with Gasteiger partial charge in [0, 0.05) is 18.4 Å². The normalized spacial score (nSPS) is 22.2. The fraction of sp³-hybridized carbons (Fsp3) is 0.400. The number of alkyl halides is 2. The second kappa shape index (κ2) is 2.95. The molecule has 0 aromatic heterocycles. The fourth-order valence-electron chi connectivity index (χ4n) is 1.95. The van der Waals surface area contributed by atoms with Crippen LogP contribution in [0.2, 0.25) is 0 Å². The Balaban J connectivity index is 2.36. The highest BCUT2D eigenvalue weighted by Gasteiger charge is 2.56. The highest BCUT2D eigenvalue weighted by Crippen LogP contribution is 2.50. The maximum absolute atomic E-state index is 13.3. The van der Waals surface area contributed by atoms with Gasteiger partial charge in [-0.25, -0.2) is 17.6 Å². The lowest BCUT2D eigenvalue weighted by Crippen LogP contribution is -2.56. The number of rotatable bonds is 1. The maximum atomic E-state index is 13.3. The summed E-state index contributed by atoms with van der Waals surface area (Å²) in [5, 5.41) is 0. The first-order chi connectivity index (χ1) is 6.84. The summed E-state index contributed by atoms with van der Waals surface area (Å²) in [6.45, 7) is 0. The van der Waals surface area contributed by atoms with E-state index in [0.717, 1.165) is 6.07 Å². The van der Waals surface area contributed by atoms with Crippen LogP contribution in [-0.4, -0.2) is 5.92 Å². The lowest BCUT2D eigenvalue weighted by Gasteiger charge is -2.44. The van der Waals surface area contributed by atoms with Crippen LogP contribution in [0.4, 0.5) is 17.6 Å². The molecule has 5 heteroatoms. The summed E-state index contributed by atoms with van der Waals surface area (Å²) in [7, 11) is 0. The molecule has 0 heterocycles. The topological polar surface area (TPSA) is 26.0 Å². The van der Waals surface area contributed by atoms with Crippen molar-refractivity contribution in [3.05, 3.63) is 35.4 Å². The summed E-state index contributed by atoms with van der Waals surface area (Å²) < 4.78 is 51.4. The molecule has 1 aliphatic carbocycles. The lowest BCUT2D eigenvalue weighted by molar-refractivity contribution is -0.126. The predicted octanol–water partition coefficient (Wildman–Crippen LogP) is 2.55. The zero-order valence-electron chi connectivity index (χ0n) is 7.74. The summed E-state index contributed by atoms with van der Waals surface area (Å²) in [6, 6.07) is 3.44. The molecule has 1 nitrogen and oxygen atoms in total. The van der Waals surface area contributed by atoms with E-state index in [9.17, 15) is 17.6 Å². The first-order valence-electron chi connectivity index (χ1n) is 4.45. The van der Waals surface area contributed by atoms with E-state index in [1.165, 1.54) is 12.1 Å². The molecule has 0 radical (unpaired) electrons. The molecule has 1 fully saturated rings. The molecular weight excluding hydrogens is 210 g/mol. The van der Waals surface area contributed by atoms with E-state index in [1.54, 1.807) is 0 Å². The van der Waals surface area contributed by atoms with Gasteiger partial charge in [-0.15, -0.1) is 0 Å². The Hall–Kier alpha value is -1.10. The number of hydrogen-bond acceptors (Lipinski definition) is 1. The molecular formula is C10H9F4N. The van der Waals surface area contributed by atoms with Crippen LogP contribution in [0.1, 0.15) is 18.4 Å². The molecule has 1 aromatic rings. The van der Waals surface area contributed by atoms with Gasteiger partial charge in [0.1, 0.15) is 0 Å². The summed E-state index contributed by atoms with van der Waals surface area (Å²) in [5.74, 6) is -5.06. The quantitative estimate of drug-likeness (QED) is 0.721. The molecule has 0 amide bonds. The van der Waals surface area contributed by atoms with Crippen molar-refractivity contribution in [2.75, 3.05) is 0 Å². The van der Waals surface area contributed by atoms with Crippen LogP contribution in [0.15, 0.2) is 18.2 Å². The Bertz CT molecular complexity index is 394. The van der Waals surface area contributed by atoms with Crippen molar-refractivity contribution in [3.8, 4) is 0 Å². The number of nitrogens with two attached hydrogens (primary N) is 1. The van der Waals surface area contributed by atoms with Crippen LogP contribution in [0, 0.1) is 11.6 Å². The van der Waals surface area contributed by atoms with E-state index < -0.39 is 35.9 Å². The Kier molecular flexibility index (Phi) is 2.05. The number of benzene rings is 1. The summed E-state index contributed by atoms with van der Waals surface area (Å²) >= 11 is 0. The van der Waals surface area contributed by atoms with Gasteiger partial charge in [-0.1, -0.05) is 12.1 Å². The van der Waals surface area contributed by atoms with Crippen LogP contribution in [-0.2, 0) is 5.54 Å². The van der Waals surface area contributed by atoms with Gasteiger partial charge in [0.05, 0.1) is 5.54 Å². The smallest absolute Gasteiger partial charge is 0.252 e. The standard InChI is InChI=1S/C10H9F4N/c11-7-3-1-2-6(8(7)12)9(15)4-10(13,14)5-9/h1-3H,4-5,15H2. The molecule has 15 heavy (non-hydrogen) atoms. The Labute approximate surface area is 83.9 Å². The molecule has 2 rings (SSSR count). The van der Waals surface area contributed by atoms with E-state index >= 15 is 0 Å². The monoisotopic (exact) mass is 219 g/mol. The minimum atomic E-state index is -2.87. The largest absolute Gasteiger partial charge is 0.321 e. The van der Waals surface area contributed by atoms with Gasteiger partial charge in [-0.2, -0.15) is 0 Å².